The second kappa shape index (κ2) is 10.5. The van der Waals surface area contributed by atoms with E-state index >= 15 is 0 Å². The van der Waals surface area contributed by atoms with E-state index in [9.17, 15) is 17.6 Å². The van der Waals surface area contributed by atoms with Gasteiger partial charge in [0, 0.05) is 20.1 Å². The third-order valence-electron chi connectivity index (χ3n) is 2.89. The number of allylic oxidation sites excluding steroid dienone is 1. The zero-order valence-electron chi connectivity index (χ0n) is 12.9. The highest BCUT2D eigenvalue weighted by atomic mass is 127. The highest BCUT2D eigenvalue weighted by Crippen LogP contribution is 2.32. The van der Waals surface area contributed by atoms with E-state index in [0.29, 0.717) is 18.6 Å². The lowest BCUT2D eigenvalue weighted by Gasteiger charge is -2.15. The van der Waals surface area contributed by atoms with Gasteiger partial charge >= 0.3 is 6.18 Å². The molecule has 0 radical (unpaired) electrons. The molecule has 1 rings (SSSR count). The molecule has 0 bridgehead atoms. The Kier molecular flexibility index (Phi) is 9.85. The predicted molar refractivity (Wildman–Crippen MR) is 94.4 cm³/mol. The van der Waals surface area contributed by atoms with E-state index in [4.69, 9.17) is 0 Å². The smallest absolute Gasteiger partial charge is 0.356 e. The summed E-state index contributed by atoms with van der Waals surface area (Å²) in [5.74, 6) is -0.521. The lowest BCUT2D eigenvalue weighted by Crippen LogP contribution is -2.37. The first kappa shape index (κ1) is 21.7. The Morgan fingerprint density at radius 2 is 1.96 bits per heavy atom. The summed E-state index contributed by atoms with van der Waals surface area (Å²) >= 11 is 0. The van der Waals surface area contributed by atoms with Gasteiger partial charge in [0.15, 0.2) is 5.96 Å². The van der Waals surface area contributed by atoms with Crippen molar-refractivity contribution < 1.29 is 17.6 Å². The molecule has 0 saturated heterocycles. The van der Waals surface area contributed by atoms with Crippen LogP contribution in [0.5, 0.6) is 0 Å². The zero-order valence-corrected chi connectivity index (χ0v) is 15.2. The van der Waals surface area contributed by atoms with E-state index in [2.05, 4.69) is 15.6 Å². The van der Waals surface area contributed by atoms with Crippen LogP contribution in [0.1, 0.15) is 24.5 Å². The quantitative estimate of drug-likeness (QED) is 0.179. The van der Waals surface area contributed by atoms with Crippen LogP contribution in [0.4, 0.5) is 17.6 Å². The Bertz CT molecular complexity index is 542. The molecule has 0 fully saturated rings. The number of benzene rings is 1. The highest BCUT2D eigenvalue weighted by molar-refractivity contribution is 14.0. The first-order valence-corrected chi connectivity index (χ1v) is 6.79. The summed E-state index contributed by atoms with van der Waals surface area (Å²) in [6.45, 7) is 2.41. The lowest BCUT2D eigenvalue weighted by atomic mass is 10.1. The van der Waals surface area contributed by atoms with Crippen molar-refractivity contribution in [3.63, 3.8) is 0 Å². The monoisotopic (exact) mass is 445 g/mol. The number of hydrogen-bond acceptors (Lipinski definition) is 1. The summed E-state index contributed by atoms with van der Waals surface area (Å²) in [7, 11) is 1.53. The van der Waals surface area contributed by atoms with E-state index in [-0.39, 0.29) is 36.1 Å². The molecule has 8 heteroatoms. The van der Waals surface area contributed by atoms with Gasteiger partial charge in [-0.1, -0.05) is 18.2 Å². The molecule has 0 unspecified atom stereocenters. The van der Waals surface area contributed by atoms with Crippen molar-refractivity contribution >= 4 is 29.9 Å². The summed E-state index contributed by atoms with van der Waals surface area (Å²) in [6, 6.07) is 2.63. The topological polar surface area (TPSA) is 36.4 Å². The van der Waals surface area contributed by atoms with Crippen molar-refractivity contribution in [1.29, 1.82) is 0 Å². The van der Waals surface area contributed by atoms with Crippen LogP contribution in [0.25, 0.3) is 0 Å². The SMILES string of the molecule is C/C=C/CCNC(=NC)NCc1ccc(F)cc1C(F)(F)F.I. The zero-order chi connectivity index (χ0) is 16.6. The maximum Gasteiger partial charge on any atom is 0.416 e. The standard InChI is InChI=1S/C15H19F4N3.HI/c1-3-4-5-8-21-14(20-2)22-10-11-6-7-12(16)9-13(11)15(17,18)19;/h3-4,6-7,9H,5,8,10H2,1-2H3,(H2,20,21,22);1H/b4-3+;. The van der Waals surface area contributed by atoms with Gasteiger partial charge in [0.25, 0.3) is 0 Å². The second-order valence-electron chi connectivity index (χ2n) is 4.51. The molecule has 0 aliphatic rings. The van der Waals surface area contributed by atoms with E-state index in [1.807, 2.05) is 19.1 Å². The maximum absolute atomic E-state index is 13.0. The van der Waals surface area contributed by atoms with Gasteiger partial charge < -0.3 is 10.6 Å². The fourth-order valence-electron chi connectivity index (χ4n) is 1.81. The van der Waals surface area contributed by atoms with E-state index in [0.717, 1.165) is 18.6 Å². The van der Waals surface area contributed by atoms with Crippen LogP contribution in [-0.4, -0.2) is 19.6 Å². The molecule has 0 aromatic heterocycles. The van der Waals surface area contributed by atoms with Gasteiger partial charge in [0.05, 0.1) is 5.56 Å². The van der Waals surface area contributed by atoms with Gasteiger partial charge in [-0.3, -0.25) is 4.99 Å². The van der Waals surface area contributed by atoms with Gasteiger partial charge in [-0.05, 0) is 31.0 Å². The average Bonchev–Trinajstić information content (AvgIpc) is 2.46. The molecule has 0 saturated carbocycles. The fraction of sp³-hybridized carbons (Fsp3) is 0.400. The number of nitrogens with one attached hydrogen (secondary N) is 2. The van der Waals surface area contributed by atoms with Gasteiger partial charge in [-0.25, -0.2) is 4.39 Å². The van der Waals surface area contributed by atoms with Crippen LogP contribution in [0.2, 0.25) is 0 Å². The van der Waals surface area contributed by atoms with E-state index < -0.39 is 17.6 Å². The van der Waals surface area contributed by atoms with Gasteiger partial charge in [-0.2, -0.15) is 13.2 Å². The minimum atomic E-state index is -4.60. The van der Waals surface area contributed by atoms with Crippen LogP contribution in [0, 0.1) is 5.82 Å². The van der Waals surface area contributed by atoms with Crippen molar-refractivity contribution in [2.45, 2.75) is 26.1 Å². The largest absolute Gasteiger partial charge is 0.416 e. The number of guanidine groups is 1. The molecule has 0 aliphatic carbocycles. The molecule has 3 nitrogen and oxygen atoms in total. The molecule has 0 heterocycles. The normalized spacial score (nSPS) is 12.2. The molecule has 23 heavy (non-hydrogen) atoms. The summed E-state index contributed by atoms with van der Waals surface area (Å²) in [6.07, 6.45) is 0.0531. The third-order valence-corrected chi connectivity index (χ3v) is 2.89. The van der Waals surface area contributed by atoms with Gasteiger partial charge in [0.1, 0.15) is 5.82 Å². The number of hydrogen-bond donors (Lipinski definition) is 2. The van der Waals surface area contributed by atoms with Gasteiger partial charge in [-0.15, -0.1) is 24.0 Å². The fourth-order valence-corrected chi connectivity index (χ4v) is 1.81. The van der Waals surface area contributed by atoms with Crippen LogP contribution in [-0.2, 0) is 12.7 Å². The van der Waals surface area contributed by atoms with Crippen molar-refractivity contribution in [2.24, 2.45) is 4.99 Å². The first-order valence-electron chi connectivity index (χ1n) is 6.79. The molecule has 0 amide bonds. The molecule has 130 valence electrons. The molecule has 1 aromatic carbocycles. The number of halogens is 5. The van der Waals surface area contributed by atoms with Crippen molar-refractivity contribution in [3.8, 4) is 0 Å². The Morgan fingerprint density at radius 1 is 1.26 bits per heavy atom. The third kappa shape index (κ3) is 7.67. The molecular weight excluding hydrogens is 425 g/mol. The molecular formula is C15H20F4IN3. The number of alkyl halides is 3. The van der Waals surface area contributed by atoms with E-state index in [1.54, 1.807) is 0 Å². The summed E-state index contributed by atoms with van der Waals surface area (Å²) < 4.78 is 51.6. The molecule has 0 spiro atoms. The second-order valence-corrected chi connectivity index (χ2v) is 4.51. The minimum absolute atomic E-state index is 0. The summed E-state index contributed by atoms with van der Waals surface area (Å²) in [5, 5.41) is 5.76. The van der Waals surface area contributed by atoms with E-state index in [1.165, 1.54) is 7.05 Å². The highest BCUT2D eigenvalue weighted by Gasteiger charge is 2.33. The van der Waals surface area contributed by atoms with Crippen LogP contribution in [0.3, 0.4) is 0 Å². The van der Waals surface area contributed by atoms with Crippen LogP contribution >= 0.6 is 24.0 Å². The number of nitrogens with zero attached hydrogens (tertiary/aromatic N) is 1. The summed E-state index contributed by atoms with van der Waals surface area (Å²) in [5.41, 5.74) is -1.02. The predicted octanol–water partition coefficient (Wildman–Crippen LogP) is 4.09. The summed E-state index contributed by atoms with van der Waals surface area (Å²) in [4.78, 5) is 3.93. The Labute approximate surface area is 150 Å². The van der Waals surface area contributed by atoms with Gasteiger partial charge in [0.2, 0.25) is 0 Å². The maximum atomic E-state index is 13.0. The minimum Gasteiger partial charge on any atom is -0.356 e. The average molecular weight is 445 g/mol. The molecule has 0 aliphatic heterocycles. The van der Waals surface area contributed by atoms with Crippen molar-refractivity contribution in [2.75, 3.05) is 13.6 Å². The van der Waals surface area contributed by atoms with Crippen molar-refractivity contribution in [1.82, 2.24) is 10.6 Å². The lowest BCUT2D eigenvalue weighted by molar-refractivity contribution is -0.138. The van der Waals surface area contributed by atoms with Crippen LogP contribution in [0.15, 0.2) is 35.3 Å². The van der Waals surface area contributed by atoms with Crippen LogP contribution < -0.4 is 10.6 Å². The Balaban J connectivity index is 0.00000484. The van der Waals surface area contributed by atoms with Crippen molar-refractivity contribution in [3.05, 3.63) is 47.3 Å². The Hall–Kier alpha value is -1.32. The number of aliphatic imine (C=N–C) groups is 1. The molecule has 0 atom stereocenters. The Morgan fingerprint density at radius 3 is 2.52 bits per heavy atom. The first-order chi connectivity index (χ1) is 10.4. The molecule has 2 N–H and O–H groups in total. The number of rotatable bonds is 5. The molecule has 1 aromatic rings.